The summed E-state index contributed by atoms with van der Waals surface area (Å²) < 4.78 is 10.8. The normalized spacial score (nSPS) is 10.2. The van der Waals surface area contributed by atoms with Crippen molar-refractivity contribution in [3.63, 3.8) is 0 Å². The first-order chi connectivity index (χ1) is 10.2. The molecular formula is C14H15N3O4. The summed E-state index contributed by atoms with van der Waals surface area (Å²) in [5.41, 5.74) is 6.53. The van der Waals surface area contributed by atoms with E-state index in [0.29, 0.717) is 17.0 Å². The monoisotopic (exact) mass is 289 g/mol. The van der Waals surface area contributed by atoms with Crippen LogP contribution >= 0.6 is 0 Å². The SMILES string of the molecule is COc1cc(CN)c([N+](=O)[O-])cc1OCc1ccccn1. The Morgan fingerprint density at radius 3 is 2.71 bits per heavy atom. The average Bonchev–Trinajstić information content (AvgIpc) is 2.52. The van der Waals surface area contributed by atoms with Crippen molar-refractivity contribution in [1.29, 1.82) is 0 Å². The Morgan fingerprint density at radius 2 is 2.14 bits per heavy atom. The zero-order chi connectivity index (χ0) is 15.2. The smallest absolute Gasteiger partial charge is 0.277 e. The van der Waals surface area contributed by atoms with Crippen LogP contribution in [0.15, 0.2) is 36.5 Å². The number of aromatic nitrogens is 1. The second-order valence-electron chi connectivity index (χ2n) is 4.20. The molecule has 0 aliphatic carbocycles. The van der Waals surface area contributed by atoms with Gasteiger partial charge < -0.3 is 15.2 Å². The zero-order valence-electron chi connectivity index (χ0n) is 11.5. The van der Waals surface area contributed by atoms with Gasteiger partial charge in [-0.25, -0.2) is 0 Å². The molecule has 0 saturated heterocycles. The Labute approximate surface area is 121 Å². The number of methoxy groups -OCH3 is 1. The van der Waals surface area contributed by atoms with Crippen LogP contribution in [0, 0.1) is 10.1 Å². The first-order valence-electron chi connectivity index (χ1n) is 6.23. The van der Waals surface area contributed by atoms with Gasteiger partial charge in [0.05, 0.1) is 23.8 Å². The molecule has 1 heterocycles. The van der Waals surface area contributed by atoms with E-state index in [0.717, 1.165) is 0 Å². The Balaban J connectivity index is 2.29. The van der Waals surface area contributed by atoms with Crippen molar-refractivity contribution in [2.45, 2.75) is 13.2 Å². The molecule has 0 aliphatic rings. The number of hydrogen-bond acceptors (Lipinski definition) is 6. The fraction of sp³-hybridized carbons (Fsp3) is 0.214. The van der Waals surface area contributed by atoms with E-state index in [9.17, 15) is 10.1 Å². The lowest BCUT2D eigenvalue weighted by molar-refractivity contribution is -0.385. The van der Waals surface area contributed by atoms with Gasteiger partial charge in [-0.3, -0.25) is 15.1 Å². The molecule has 110 valence electrons. The van der Waals surface area contributed by atoms with Crippen LogP contribution in [0.25, 0.3) is 0 Å². The fourth-order valence-electron chi connectivity index (χ4n) is 1.83. The lowest BCUT2D eigenvalue weighted by Crippen LogP contribution is -2.05. The van der Waals surface area contributed by atoms with Crippen molar-refractivity contribution >= 4 is 5.69 Å². The Kier molecular flexibility index (Phi) is 4.68. The van der Waals surface area contributed by atoms with Crippen LogP contribution in [-0.2, 0) is 13.2 Å². The van der Waals surface area contributed by atoms with Gasteiger partial charge in [0.15, 0.2) is 11.5 Å². The predicted octanol–water partition coefficient (Wildman–Crippen LogP) is 2.04. The first-order valence-corrected chi connectivity index (χ1v) is 6.23. The van der Waals surface area contributed by atoms with E-state index >= 15 is 0 Å². The van der Waals surface area contributed by atoms with Crippen molar-refractivity contribution in [2.24, 2.45) is 5.73 Å². The van der Waals surface area contributed by atoms with Gasteiger partial charge in [-0.05, 0) is 18.2 Å². The summed E-state index contributed by atoms with van der Waals surface area (Å²) >= 11 is 0. The molecule has 1 aromatic heterocycles. The topological polar surface area (TPSA) is 101 Å². The molecule has 7 heteroatoms. The minimum absolute atomic E-state index is 0.0488. The van der Waals surface area contributed by atoms with Crippen LogP contribution < -0.4 is 15.2 Å². The van der Waals surface area contributed by atoms with Crippen molar-refractivity contribution < 1.29 is 14.4 Å². The number of rotatable bonds is 6. The van der Waals surface area contributed by atoms with Crippen molar-refractivity contribution in [3.8, 4) is 11.5 Å². The van der Waals surface area contributed by atoms with Gasteiger partial charge in [0.2, 0.25) is 0 Å². The number of hydrogen-bond donors (Lipinski definition) is 1. The zero-order valence-corrected chi connectivity index (χ0v) is 11.5. The van der Waals surface area contributed by atoms with Gasteiger partial charge in [-0.1, -0.05) is 6.07 Å². The molecule has 0 amide bonds. The van der Waals surface area contributed by atoms with Gasteiger partial charge >= 0.3 is 0 Å². The third-order valence-corrected chi connectivity index (χ3v) is 2.88. The highest BCUT2D eigenvalue weighted by Crippen LogP contribution is 2.34. The molecule has 2 N–H and O–H groups in total. The predicted molar refractivity (Wildman–Crippen MR) is 76.1 cm³/mol. The van der Waals surface area contributed by atoms with Crippen molar-refractivity contribution in [3.05, 3.63) is 57.9 Å². The molecule has 0 saturated carbocycles. The molecule has 0 radical (unpaired) electrons. The molecule has 1 aromatic carbocycles. The number of nitrogens with zero attached hydrogens (tertiary/aromatic N) is 2. The molecule has 0 spiro atoms. The van der Waals surface area contributed by atoms with E-state index in [-0.39, 0.29) is 24.6 Å². The summed E-state index contributed by atoms with van der Waals surface area (Å²) in [5, 5.41) is 11.0. The van der Waals surface area contributed by atoms with E-state index in [1.54, 1.807) is 18.3 Å². The van der Waals surface area contributed by atoms with Crippen LogP contribution in [0.3, 0.4) is 0 Å². The van der Waals surface area contributed by atoms with Gasteiger partial charge in [0, 0.05) is 18.3 Å². The highest BCUT2D eigenvalue weighted by molar-refractivity contribution is 5.54. The van der Waals surface area contributed by atoms with Gasteiger partial charge in [0.25, 0.3) is 5.69 Å². The summed E-state index contributed by atoms with van der Waals surface area (Å²) in [6, 6.07) is 8.28. The second kappa shape index (κ2) is 6.67. The Morgan fingerprint density at radius 1 is 1.33 bits per heavy atom. The number of nitro benzene ring substituents is 1. The average molecular weight is 289 g/mol. The number of benzene rings is 1. The Bertz CT molecular complexity index is 632. The lowest BCUT2D eigenvalue weighted by Gasteiger charge is -2.12. The molecule has 0 atom stereocenters. The standard InChI is InChI=1S/C14H15N3O4/c1-20-13-6-10(8-15)12(17(18)19)7-14(13)21-9-11-4-2-3-5-16-11/h2-7H,8-9,15H2,1H3. The summed E-state index contributed by atoms with van der Waals surface area (Å²) in [6.07, 6.45) is 1.65. The lowest BCUT2D eigenvalue weighted by atomic mass is 10.1. The van der Waals surface area contributed by atoms with Gasteiger partial charge in [0.1, 0.15) is 6.61 Å². The quantitative estimate of drug-likeness (QED) is 0.645. The maximum atomic E-state index is 11.0. The van der Waals surface area contributed by atoms with E-state index in [1.165, 1.54) is 19.2 Å². The van der Waals surface area contributed by atoms with Crippen LogP contribution in [0.5, 0.6) is 11.5 Å². The number of pyridine rings is 1. The fourth-order valence-corrected chi connectivity index (χ4v) is 1.83. The van der Waals surface area contributed by atoms with E-state index in [2.05, 4.69) is 4.98 Å². The molecule has 21 heavy (non-hydrogen) atoms. The molecule has 0 unspecified atom stereocenters. The van der Waals surface area contributed by atoms with E-state index < -0.39 is 4.92 Å². The first kappa shape index (κ1) is 14.7. The maximum absolute atomic E-state index is 11.0. The molecular weight excluding hydrogens is 274 g/mol. The highest BCUT2D eigenvalue weighted by atomic mass is 16.6. The largest absolute Gasteiger partial charge is 0.493 e. The summed E-state index contributed by atoms with van der Waals surface area (Å²) in [4.78, 5) is 14.7. The highest BCUT2D eigenvalue weighted by Gasteiger charge is 2.18. The molecule has 0 bridgehead atoms. The molecule has 0 aliphatic heterocycles. The van der Waals surface area contributed by atoms with E-state index in [4.69, 9.17) is 15.2 Å². The maximum Gasteiger partial charge on any atom is 0.277 e. The summed E-state index contributed by atoms with van der Waals surface area (Å²) in [6.45, 7) is 0.240. The molecule has 2 rings (SSSR count). The van der Waals surface area contributed by atoms with Crippen LogP contribution in [-0.4, -0.2) is 17.0 Å². The molecule has 2 aromatic rings. The van der Waals surface area contributed by atoms with E-state index in [1.807, 2.05) is 6.07 Å². The van der Waals surface area contributed by atoms with Gasteiger partial charge in [-0.2, -0.15) is 0 Å². The second-order valence-corrected chi connectivity index (χ2v) is 4.20. The van der Waals surface area contributed by atoms with Gasteiger partial charge in [-0.15, -0.1) is 0 Å². The number of nitro groups is 1. The van der Waals surface area contributed by atoms with Crippen molar-refractivity contribution in [1.82, 2.24) is 4.98 Å². The van der Waals surface area contributed by atoms with Crippen LogP contribution in [0.4, 0.5) is 5.69 Å². The third-order valence-electron chi connectivity index (χ3n) is 2.88. The number of nitrogens with two attached hydrogens (primary N) is 1. The van der Waals surface area contributed by atoms with Crippen molar-refractivity contribution in [2.75, 3.05) is 7.11 Å². The third kappa shape index (κ3) is 3.46. The molecule has 7 nitrogen and oxygen atoms in total. The number of ether oxygens (including phenoxy) is 2. The minimum Gasteiger partial charge on any atom is -0.493 e. The summed E-state index contributed by atoms with van der Waals surface area (Å²) in [7, 11) is 1.47. The molecule has 0 fully saturated rings. The summed E-state index contributed by atoms with van der Waals surface area (Å²) in [5.74, 6) is 0.684. The minimum atomic E-state index is -0.491. The Hall–Kier alpha value is -2.67. The van der Waals surface area contributed by atoms with Crippen LogP contribution in [0.2, 0.25) is 0 Å². The van der Waals surface area contributed by atoms with Crippen LogP contribution in [0.1, 0.15) is 11.3 Å².